The molecule has 1 saturated heterocycles. The van der Waals surface area contributed by atoms with Crippen molar-refractivity contribution in [1.82, 2.24) is 19.7 Å². The molecule has 182 valence electrons. The normalized spacial score (nSPS) is 24.4. The fourth-order valence-corrected chi connectivity index (χ4v) is 6.14. The molecule has 3 aliphatic rings. The Morgan fingerprint density at radius 1 is 1.00 bits per heavy atom. The van der Waals surface area contributed by atoms with E-state index < -0.39 is 0 Å². The molecule has 5 rings (SSSR count). The number of hydrogen-bond donors (Lipinski definition) is 1. The zero-order valence-corrected chi connectivity index (χ0v) is 20.7. The van der Waals surface area contributed by atoms with Crippen LogP contribution in [0.5, 0.6) is 0 Å². The smallest absolute Gasteiger partial charge is 0.0970 e. The van der Waals surface area contributed by atoms with Gasteiger partial charge in [-0.3, -0.25) is 9.88 Å². The average Bonchev–Trinajstić information content (AvgIpc) is 3.18. The summed E-state index contributed by atoms with van der Waals surface area (Å²) in [5.74, 6) is 2.44. The molecule has 5 nitrogen and oxygen atoms in total. The first-order valence-electron chi connectivity index (χ1n) is 13.2. The van der Waals surface area contributed by atoms with Gasteiger partial charge in [-0.15, -0.1) is 0 Å². The molecule has 1 aromatic carbocycles. The van der Waals surface area contributed by atoms with Crippen LogP contribution in [0.25, 0.3) is 0 Å². The lowest BCUT2D eigenvalue weighted by Gasteiger charge is -2.32. The van der Waals surface area contributed by atoms with E-state index in [1.54, 1.807) is 0 Å². The SMILES string of the molecule is C=C1N(Cc2ccc(C3CCCCC3C)cn2)CCN1C[C@H](O)CN1CCc2ccccc2C1. The molecule has 2 fully saturated rings. The highest BCUT2D eigenvalue weighted by Gasteiger charge is 2.27. The number of fused-ring (bicyclic) bond motifs is 1. The van der Waals surface area contributed by atoms with E-state index in [1.165, 1.54) is 42.4 Å². The molecule has 0 radical (unpaired) electrons. The van der Waals surface area contributed by atoms with Crippen molar-refractivity contribution in [3.8, 4) is 0 Å². The van der Waals surface area contributed by atoms with Crippen LogP contribution in [0.1, 0.15) is 60.9 Å². The topological polar surface area (TPSA) is 42.8 Å². The molecule has 1 N–H and O–H groups in total. The van der Waals surface area contributed by atoms with Gasteiger partial charge in [0.2, 0.25) is 0 Å². The first kappa shape index (κ1) is 23.4. The number of β-amino-alcohol motifs (C(OH)–C–C–N with tert-alkyl or cyclic N) is 1. The Morgan fingerprint density at radius 2 is 1.79 bits per heavy atom. The van der Waals surface area contributed by atoms with Gasteiger partial charge in [-0.2, -0.15) is 0 Å². The summed E-state index contributed by atoms with van der Waals surface area (Å²) in [6.07, 6.45) is 8.15. The zero-order valence-electron chi connectivity index (χ0n) is 20.7. The maximum Gasteiger partial charge on any atom is 0.0970 e. The summed E-state index contributed by atoms with van der Waals surface area (Å²) in [5.41, 5.74) is 5.35. The molecule has 3 atom stereocenters. The summed E-state index contributed by atoms with van der Waals surface area (Å²) >= 11 is 0. The van der Waals surface area contributed by atoms with Crippen LogP contribution in [0.4, 0.5) is 0 Å². The quantitative estimate of drug-likeness (QED) is 0.664. The lowest BCUT2D eigenvalue weighted by molar-refractivity contribution is 0.0811. The molecule has 2 aromatic rings. The van der Waals surface area contributed by atoms with Gasteiger partial charge in [0.05, 0.1) is 24.2 Å². The van der Waals surface area contributed by atoms with E-state index in [9.17, 15) is 5.11 Å². The van der Waals surface area contributed by atoms with E-state index in [2.05, 4.69) is 70.8 Å². The number of hydrogen-bond acceptors (Lipinski definition) is 5. The maximum absolute atomic E-state index is 10.8. The third-order valence-corrected chi connectivity index (χ3v) is 8.22. The molecular weight excluding hydrogens is 420 g/mol. The molecule has 34 heavy (non-hydrogen) atoms. The molecule has 0 amide bonds. The van der Waals surface area contributed by atoms with Crippen molar-refractivity contribution in [2.45, 2.75) is 64.1 Å². The van der Waals surface area contributed by atoms with Crippen molar-refractivity contribution in [3.05, 3.63) is 77.4 Å². The summed E-state index contributed by atoms with van der Waals surface area (Å²) in [4.78, 5) is 11.7. The Hall–Kier alpha value is -2.37. The van der Waals surface area contributed by atoms with E-state index in [0.29, 0.717) is 19.0 Å². The van der Waals surface area contributed by atoms with Gasteiger partial charge in [-0.25, -0.2) is 0 Å². The van der Waals surface area contributed by atoms with Crippen molar-refractivity contribution in [3.63, 3.8) is 0 Å². The van der Waals surface area contributed by atoms with Gasteiger partial charge in [0.25, 0.3) is 0 Å². The van der Waals surface area contributed by atoms with Gasteiger partial charge >= 0.3 is 0 Å². The minimum absolute atomic E-state index is 0.378. The van der Waals surface area contributed by atoms with Crippen molar-refractivity contribution < 1.29 is 5.11 Å². The van der Waals surface area contributed by atoms with Crippen LogP contribution >= 0.6 is 0 Å². The molecule has 2 unspecified atom stereocenters. The predicted molar refractivity (Wildman–Crippen MR) is 137 cm³/mol. The Kier molecular flexibility index (Phi) is 7.21. The van der Waals surface area contributed by atoms with Crippen molar-refractivity contribution in [2.24, 2.45) is 5.92 Å². The maximum atomic E-state index is 10.8. The summed E-state index contributed by atoms with van der Waals surface area (Å²) in [5, 5.41) is 10.8. The molecule has 1 aromatic heterocycles. The first-order valence-corrected chi connectivity index (χ1v) is 13.2. The second-order valence-corrected chi connectivity index (χ2v) is 10.6. The fraction of sp³-hybridized carbons (Fsp3) is 0.552. The molecule has 0 spiro atoms. The van der Waals surface area contributed by atoms with Crippen LogP contribution in [0.15, 0.2) is 55.0 Å². The molecule has 5 heteroatoms. The third-order valence-electron chi connectivity index (χ3n) is 8.22. The Labute approximate surface area is 205 Å². The van der Waals surface area contributed by atoms with E-state index in [-0.39, 0.29) is 6.10 Å². The Bertz CT molecular complexity index is 974. The van der Waals surface area contributed by atoms with Gasteiger partial charge in [0.15, 0.2) is 0 Å². The van der Waals surface area contributed by atoms with Crippen LogP contribution in [0.2, 0.25) is 0 Å². The highest BCUT2D eigenvalue weighted by Crippen LogP contribution is 2.37. The second kappa shape index (κ2) is 10.5. The molecule has 3 heterocycles. The first-order chi connectivity index (χ1) is 16.6. The molecular formula is C29H40N4O. The minimum atomic E-state index is -0.378. The van der Waals surface area contributed by atoms with Gasteiger partial charge in [0, 0.05) is 45.5 Å². The van der Waals surface area contributed by atoms with Crippen LogP contribution < -0.4 is 0 Å². The number of nitrogens with zero attached hydrogens (tertiary/aromatic N) is 4. The highest BCUT2D eigenvalue weighted by molar-refractivity contribution is 5.29. The largest absolute Gasteiger partial charge is 0.390 e. The summed E-state index contributed by atoms with van der Waals surface area (Å²) in [7, 11) is 0. The van der Waals surface area contributed by atoms with E-state index in [4.69, 9.17) is 4.98 Å². The van der Waals surface area contributed by atoms with Crippen LogP contribution in [-0.4, -0.2) is 63.6 Å². The van der Waals surface area contributed by atoms with Crippen molar-refractivity contribution in [1.29, 1.82) is 0 Å². The third kappa shape index (κ3) is 5.31. The zero-order chi connectivity index (χ0) is 23.5. The van der Waals surface area contributed by atoms with Gasteiger partial charge in [-0.1, -0.05) is 63.1 Å². The number of pyridine rings is 1. The fourth-order valence-electron chi connectivity index (χ4n) is 6.14. The predicted octanol–water partition coefficient (Wildman–Crippen LogP) is 4.38. The lowest BCUT2D eigenvalue weighted by Crippen LogP contribution is -2.41. The summed E-state index contributed by atoms with van der Waals surface area (Å²) in [6, 6.07) is 13.2. The second-order valence-electron chi connectivity index (χ2n) is 10.6. The number of aliphatic hydroxyl groups is 1. The summed E-state index contributed by atoms with van der Waals surface area (Å²) in [6.45, 7) is 12.7. The summed E-state index contributed by atoms with van der Waals surface area (Å²) < 4.78 is 0. The van der Waals surface area contributed by atoms with Crippen LogP contribution in [0.3, 0.4) is 0 Å². The van der Waals surface area contributed by atoms with Crippen LogP contribution in [0, 0.1) is 5.92 Å². The van der Waals surface area contributed by atoms with Gasteiger partial charge in [-0.05, 0) is 47.4 Å². The minimum Gasteiger partial charge on any atom is -0.390 e. The average molecular weight is 461 g/mol. The number of aliphatic hydroxyl groups excluding tert-OH is 1. The van der Waals surface area contributed by atoms with E-state index in [0.717, 1.165) is 56.6 Å². The van der Waals surface area contributed by atoms with Crippen molar-refractivity contribution >= 4 is 0 Å². The van der Waals surface area contributed by atoms with Gasteiger partial charge < -0.3 is 14.9 Å². The molecule has 2 aliphatic heterocycles. The molecule has 1 saturated carbocycles. The number of rotatable bonds is 7. The van der Waals surface area contributed by atoms with Crippen molar-refractivity contribution in [2.75, 3.05) is 32.7 Å². The number of aromatic nitrogens is 1. The standard InChI is InChI=1S/C29H40N4O/c1-22-7-3-6-10-29(22)25-11-12-27(30-17-25)19-32-15-16-33(23(32)2)21-28(34)20-31-14-13-24-8-4-5-9-26(24)18-31/h4-5,8-9,11-12,17,22,28-29,34H,2-3,6-7,10,13-16,18-21H2,1H3/t22?,28-,29?/m1/s1. The highest BCUT2D eigenvalue weighted by atomic mass is 16.3. The Morgan fingerprint density at radius 3 is 2.59 bits per heavy atom. The molecule has 1 aliphatic carbocycles. The van der Waals surface area contributed by atoms with E-state index >= 15 is 0 Å². The van der Waals surface area contributed by atoms with Gasteiger partial charge in [0.1, 0.15) is 0 Å². The monoisotopic (exact) mass is 460 g/mol. The molecule has 0 bridgehead atoms. The number of benzene rings is 1. The lowest BCUT2D eigenvalue weighted by atomic mass is 9.77. The Balaban J connectivity index is 1.10. The van der Waals surface area contributed by atoms with E-state index in [1.807, 2.05) is 0 Å². The van der Waals surface area contributed by atoms with Crippen LogP contribution in [-0.2, 0) is 19.5 Å².